The summed E-state index contributed by atoms with van der Waals surface area (Å²) in [5, 5.41) is 5.88. The molecule has 0 spiro atoms. The van der Waals surface area contributed by atoms with Crippen molar-refractivity contribution in [2.24, 2.45) is 5.73 Å². The van der Waals surface area contributed by atoms with Crippen LogP contribution in [0.15, 0.2) is 18.2 Å². The number of hydrogen-bond donors (Lipinski definition) is 3. The molecule has 1 aliphatic rings. The molecule has 2 rings (SSSR count). The molecule has 1 fully saturated rings. The molecule has 0 heterocycles. The molecule has 4 N–H and O–H groups in total. The lowest BCUT2D eigenvalue weighted by Crippen LogP contribution is -2.36. The molecule has 0 saturated heterocycles. The van der Waals surface area contributed by atoms with Gasteiger partial charge in [-0.3, -0.25) is 0 Å². The molecule has 0 aromatic heterocycles. The van der Waals surface area contributed by atoms with Gasteiger partial charge < -0.3 is 16.4 Å². The van der Waals surface area contributed by atoms with Gasteiger partial charge in [0.2, 0.25) is 0 Å². The van der Waals surface area contributed by atoms with E-state index in [1.54, 1.807) is 0 Å². The van der Waals surface area contributed by atoms with Gasteiger partial charge in [-0.25, -0.2) is 4.79 Å². The molecule has 1 aromatic rings. The number of nitrogens with one attached hydrogen (secondary N) is 2. The van der Waals surface area contributed by atoms with Crippen molar-refractivity contribution in [3.63, 3.8) is 0 Å². The second-order valence-corrected chi connectivity index (χ2v) is 5.17. The molecule has 0 bridgehead atoms. The summed E-state index contributed by atoms with van der Waals surface area (Å²) < 4.78 is 0. The van der Waals surface area contributed by atoms with Crippen molar-refractivity contribution in [1.29, 1.82) is 0 Å². The van der Waals surface area contributed by atoms with Gasteiger partial charge in [-0.1, -0.05) is 24.7 Å². The topological polar surface area (TPSA) is 67.1 Å². The van der Waals surface area contributed by atoms with Crippen LogP contribution in [-0.2, 0) is 0 Å². The summed E-state index contributed by atoms with van der Waals surface area (Å²) in [6.45, 7) is 2.31. The van der Waals surface area contributed by atoms with Gasteiger partial charge in [-0.05, 0) is 43.5 Å². The van der Waals surface area contributed by atoms with E-state index in [9.17, 15) is 4.79 Å². The molecule has 4 nitrogen and oxygen atoms in total. The number of carbonyl (C=O) groups is 1. The van der Waals surface area contributed by atoms with E-state index in [1.807, 2.05) is 25.1 Å². The fourth-order valence-corrected chi connectivity index (χ4v) is 2.50. The van der Waals surface area contributed by atoms with Crippen molar-refractivity contribution in [3.8, 4) is 11.8 Å². The first-order chi connectivity index (χ1) is 9.67. The normalized spacial score (nSPS) is 14.5. The van der Waals surface area contributed by atoms with Gasteiger partial charge in [0.1, 0.15) is 0 Å². The highest BCUT2D eigenvalue weighted by Crippen LogP contribution is 2.18. The first-order valence-corrected chi connectivity index (χ1v) is 7.05. The van der Waals surface area contributed by atoms with E-state index in [2.05, 4.69) is 22.5 Å². The smallest absolute Gasteiger partial charge is 0.319 e. The van der Waals surface area contributed by atoms with Crippen LogP contribution in [0, 0.1) is 18.8 Å². The molecule has 2 amide bonds. The Hall–Kier alpha value is -1.99. The number of amides is 2. The molecule has 0 aliphatic heterocycles. The van der Waals surface area contributed by atoms with Crippen molar-refractivity contribution in [2.75, 3.05) is 11.9 Å². The zero-order valence-electron chi connectivity index (χ0n) is 11.8. The van der Waals surface area contributed by atoms with Crippen molar-refractivity contribution in [2.45, 2.75) is 38.6 Å². The highest BCUT2D eigenvalue weighted by molar-refractivity contribution is 5.89. The summed E-state index contributed by atoms with van der Waals surface area (Å²) in [7, 11) is 0. The number of aryl methyl sites for hydroxylation is 1. The zero-order valence-corrected chi connectivity index (χ0v) is 11.8. The lowest BCUT2D eigenvalue weighted by molar-refractivity contribution is 0.248. The van der Waals surface area contributed by atoms with E-state index in [-0.39, 0.29) is 6.03 Å². The predicted octanol–water partition coefficient (Wildman–Crippen LogP) is 2.37. The first kappa shape index (κ1) is 14.4. The van der Waals surface area contributed by atoms with Gasteiger partial charge in [-0.15, -0.1) is 0 Å². The van der Waals surface area contributed by atoms with E-state index in [0.717, 1.165) is 29.7 Å². The minimum atomic E-state index is -0.139. The summed E-state index contributed by atoms with van der Waals surface area (Å²) >= 11 is 0. The largest absolute Gasteiger partial charge is 0.335 e. The number of benzene rings is 1. The fourth-order valence-electron chi connectivity index (χ4n) is 2.50. The zero-order chi connectivity index (χ0) is 14.4. The minimum absolute atomic E-state index is 0.139. The van der Waals surface area contributed by atoms with Crippen molar-refractivity contribution in [1.82, 2.24) is 5.32 Å². The van der Waals surface area contributed by atoms with Crippen LogP contribution in [-0.4, -0.2) is 18.6 Å². The molecule has 20 heavy (non-hydrogen) atoms. The number of urea groups is 1. The third-order valence-electron chi connectivity index (χ3n) is 3.36. The Labute approximate surface area is 120 Å². The molecule has 1 saturated carbocycles. The average molecular weight is 271 g/mol. The molecule has 1 aromatic carbocycles. The summed E-state index contributed by atoms with van der Waals surface area (Å²) in [6, 6.07) is 5.95. The predicted molar refractivity (Wildman–Crippen MR) is 81.5 cm³/mol. The third kappa shape index (κ3) is 4.29. The lowest BCUT2D eigenvalue weighted by atomic mass is 10.1. The monoisotopic (exact) mass is 271 g/mol. The Morgan fingerprint density at radius 2 is 2.10 bits per heavy atom. The Morgan fingerprint density at radius 1 is 1.35 bits per heavy atom. The standard InChI is InChI=1S/C16H21N3O/c1-12-9-13(5-4-8-17)11-15(10-12)19-16(20)18-14-6-2-3-7-14/h9-11,14H,2-3,6-8,17H2,1H3,(H2,18,19,20). The molecular weight excluding hydrogens is 250 g/mol. The molecule has 0 atom stereocenters. The van der Waals surface area contributed by atoms with E-state index in [1.165, 1.54) is 12.8 Å². The van der Waals surface area contributed by atoms with Crippen LogP contribution in [0.25, 0.3) is 0 Å². The van der Waals surface area contributed by atoms with Crippen molar-refractivity contribution >= 4 is 11.7 Å². The van der Waals surface area contributed by atoms with Gasteiger partial charge in [0.05, 0.1) is 6.54 Å². The third-order valence-corrected chi connectivity index (χ3v) is 3.36. The SMILES string of the molecule is Cc1cc(C#CCN)cc(NC(=O)NC2CCCC2)c1. The quantitative estimate of drug-likeness (QED) is 0.723. The lowest BCUT2D eigenvalue weighted by Gasteiger charge is -2.13. The molecule has 0 unspecified atom stereocenters. The van der Waals surface area contributed by atoms with Gasteiger partial charge in [-0.2, -0.15) is 0 Å². The van der Waals surface area contributed by atoms with Gasteiger partial charge in [0, 0.05) is 17.3 Å². The van der Waals surface area contributed by atoms with Crippen molar-refractivity contribution in [3.05, 3.63) is 29.3 Å². The molecule has 4 heteroatoms. The maximum Gasteiger partial charge on any atom is 0.319 e. The summed E-state index contributed by atoms with van der Waals surface area (Å²) in [5.41, 5.74) is 8.06. The van der Waals surface area contributed by atoms with Crippen LogP contribution in [0.1, 0.15) is 36.8 Å². The highest BCUT2D eigenvalue weighted by atomic mass is 16.2. The van der Waals surface area contributed by atoms with Crippen LogP contribution in [0.3, 0.4) is 0 Å². The average Bonchev–Trinajstić information content (AvgIpc) is 2.88. The Balaban J connectivity index is 2.00. The van der Waals surface area contributed by atoms with E-state index in [0.29, 0.717) is 12.6 Å². The Bertz CT molecular complexity index is 536. The van der Waals surface area contributed by atoms with Crippen LogP contribution in [0.4, 0.5) is 10.5 Å². The van der Waals surface area contributed by atoms with Crippen molar-refractivity contribution < 1.29 is 4.79 Å². The van der Waals surface area contributed by atoms with Crippen LogP contribution >= 0.6 is 0 Å². The van der Waals surface area contributed by atoms with Crippen LogP contribution < -0.4 is 16.4 Å². The first-order valence-electron chi connectivity index (χ1n) is 7.05. The fraction of sp³-hybridized carbons (Fsp3) is 0.438. The molecule has 0 radical (unpaired) electrons. The summed E-state index contributed by atoms with van der Waals surface area (Å²) in [4.78, 5) is 11.9. The number of nitrogens with two attached hydrogens (primary N) is 1. The maximum absolute atomic E-state index is 11.9. The van der Waals surface area contributed by atoms with Gasteiger partial charge in [0.15, 0.2) is 0 Å². The summed E-state index contributed by atoms with van der Waals surface area (Å²) in [6.07, 6.45) is 4.56. The second kappa shape index (κ2) is 6.97. The second-order valence-electron chi connectivity index (χ2n) is 5.17. The van der Waals surface area contributed by atoms with Crippen LogP contribution in [0.5, 0.6) is 0 Å². The van der Waals surface area contributed by atoms with Gasteiger partial charge in [0.25, 0.3) is 0 Å². The number of carbonyl (C=O) groups excluding carboxylic acids is 1. The molecular formula is C16H21N3O. The molecule has 106 valence electrons. The van der Waals surface area contributed by atoms with E-state index < -0.39 is 0 Å². The van der Waals surface area contributed by atoms with E-state index in [4.69, 9.17) is 5.73 Å². The Morgan fingerprint density at radius 3 is 2.80 bits per heavy atom. The maximum atomic E-state index is 11.9. The highest BCUT2D eigenvalue weighted by Gasteiger charge is 2.16. The number of anilines is 1. The number of rotatable bonds is 2. The van der Waals surface area contributed by atoms with Crippen LogP contribution in [0.2, 0.25) is 0 Å². The van der Waals surface area contributed by atoms with E-state index >= 15 is 0 Å². The van der Waals surface area contributed by atoms with Gasteiger partial charge >= 0.3 is 6.03 Å². The minimum Gasteiger partial charge on any atom is -0.335 e. The molecule has 1 aliphatic carbocycles. The number of hydrogen-bond acceptors (Lipinski definition) is 2. The Kier molecular flexibility index (Phi) is 5.03. The summed E-state index contributed by atoms with van der Waals surface area (Å²) in [5.74, 6) is 5.81.